The first-order chi connectivity index (χ1) is 21.5. The molecule has 0 bridgehead atoms. The highest BCUT2D eigenvalue weighted by molar-refractivity contribution is 6.16. The Morgan fingerprint density at radius 2 is 1.84 bits per heavy atom. The summed E-state index contributed by atoms with van der Waals surface area (Å²) in [6.45, 7) is 6.43. The van der Waals surface area contributed by atoms with E-state index in [4.69, 9.17) is 20.7 Å². The standard InChI is InChI=1S/C31H34F3N7O.CH3NO/c1-20-3-4-22(23-5-6-24(26(16-23)31(32,33)34)17-41-12-10-40(2)11-13-41)15-21(20)7-8-27(35)28-29(36)37-19-38-30(28)39-25-9-14-42-18-25;2-1-3/h3-6,15-16,19,25,35H,9-14,17-18H2,1-2H3,(H3,36,37,38,39);1H,(H2,2,3). The van der Waals surface area contributed by atoms with Gasteiger partial charge in [0.25, 0.3) is 0 Å². The number of nitrogens with one attached hydrogen (secondary N) is 2. The number of primary amides is 1. The largest absolute Gasteiger partial charge is 0.416 e. The van der Waals surface area contributed by atoms with Crippen LogP contribution in [0.5, 0.6) is 0 Å². The number of hydrogen-bond acceptors (Lipinski definition) is 9. The number of nitrogen functional groups attached to an aromatic ring is 1. The molecular weight excluding hydrogens is 585 g/mol. The van der Waals surface area contributed by atoms with Crippen molar-refractivity contribution in [3.63, 3.8) is 0 Å². The molecule has 2 saturated heterocycles. The number of hydrogen-bond donors (Lipinski definition) is 4. The maximum absolute atomic E-state index is 14.2. The third kappa shape index (κ3) is 8.78. The van der Waals surface area contributed by atoms with Gasteiger partial charge in [0, 0.05) is 44.9 Å². The fraction of sp³-hybridized carbons (Fsp3) is 0.375. The van der Waals surface area contributed by atoms with Crippen molar-refractivity contribution in [2.24, 2.45) is 5.73 Å². The lowest BCUT2D eigenvalue weighted by Gasteiger charge is -2.33. The van der Waals surface area contributed by atoms with Gasteiger partial charge in [-0.1, -0.05) is 30.2 Å². The lowest BCUT2D eigenvalue weighted by atomic mass is 9.95. The van der Waals surface area contributed by atoms with Crippen LogP contribution in [0.3, 0.4) is 0 Å². The van der Waals surface area contributed by atoms with Crippen molar-refractivity contribution in [2.75, 3.05) is 57.5 Å². The van der Waals surface area contributed by atoms with Crippen LogP contribution < -0.4 is 16.8 Å². The minimum Gasteiger partial charge on any atom is -0.383 e. The minimum atomic E-state index is -4.48. The molecule has 2 aromatic carbocycles. The van der Waals surface area contributed by atoms with Gasteiger partial charge in [-0.3, -0.25) is 15.1 Å². The van der Waals surface area contributed by atoms with Gasteiger partial charge < -0.3 is 26.4 Å². The smallest absolute Gasteiger partial charge is 0.383 e. The molecule has 2 aliphatic rings. The lowest BCUT2D eigenvalue weighted by molar-refractivity contribution is -0.138. The Balaban J connectivity index is 0.00000148. The number of aryl methyl sites for hydroxylation is 1. The molecule has 0 saturated carbocycles. The molecule has 3 aromatic rings. The summed E-state index contributed by atoms with van der Waals surface area (Å²) in [7, 11) is 2.02. The zero-order valence-corrected chi connectivity index (χ0v) is 25.2. The predicted molar refractivity (Wildman–Crippen MR) is 168 cm³/mol. The second kappa shape index (κ2) is 15.0. The van der Waals surface area contributed by atoms with Crippen LogP contribution in [-0.2, 0) is 22.3 Å². The molecular formula is C32H37F3N8O2. The Morgan fingerprint density at radius 3 is 2.51 bits per heavy atom. The van der Waals surface area contributed by atoms with E-state index in [0.29, 0.717) is 41.3 Å². The number of halogens is 3. The van der Waals surface area contributed by atoms with Gasteiger partial charge in [-0.2, -0.15) is 13.2 Å². The van der Waals surface area contributed by atoms with E-state index in [1.54, 1.807) is 24.3 Å². The van der Waals surface area contributed by atoms with Crippen LogP contribution in [0.25, 0.3) is 11.1 Å². The molecule has 2 aliphatic heterocycles. The summed E-state index contributed by atoms with van der Waals surface area (Å²) in [4.78, 5) is 21.1. The molecule has 0 spiro atoms. The molecule has 1 atom stereocenters. The molecule has 5 rings (SSSR count). The van der Waals surface area contributed by atoms with Gasteiger partial charge in [0.1, 0.15) is 23.7 Å². The van der Waals surface area contributed by atoms with Gasteiger partial charge in [-0.05, 0) is 60.7 Å². The number of nitrogens with zero attached hydrogens (tertiary/aromatic N) is 4. The maximum Gasteiger partial charge on any atom is 0.416 e. The molecule has 1 aromatic heterocycles. The number of aromatic nitrogens is 2. The number of anilines is 2. The van der Waals surface area contributed by atoms with E-state index in [1.807, 2.05) is 20.0 Å². The van der Waals surface area contributed by atoms with Crippen LogP contribution in [0.1, 0.15) is 34.2 Å². The summed E-state index contributed by atoms with van der Waals surface area (Å²) < 4.78 is 47.9. The Hall–Kier alpha value is -4.51. The summed E-state index contributed by atoms with van der Waals surface area (Å²) in [6, 6.07) is 9.95. The number of likely N-dealkylation sites (N-methyl/N-ethyl adjacent to an activating group) is 1. The molecule has 3 heterocycles. The van der Waals surface area contributed by atoms with Crippen LogP contribution >= 0.6 is 0 Å². The summed E-state index contributed by atoms with van der Waals surface area (Å²) in [6.07, 6.45) is -2.09. The lowest BCUT2D eigenvalue weighted by Crippen LogP contribution is -2.44. The average Bonchev–Trinajstić information content (AvgIpc) is 3.51. The fourth-order valence-corrected chi connectivity index (χ4v) is 5.13. The quantitative estimate of drug-likeness (QED) is 0.186. The van der Waals surface area contributed by atoms with Crippen molar-refractivity contribution in [2.45, 2.75) is 32.1 Å². The summed E-state index contributed by atoms with van der Waals surface area (Å²) >= 11 is 0. The highest BCUT2D eigenvalue weighted by Crippen LogP contribution is 2.36. The SMILES string of the molecule is Cc1ccc(-c2ccc(CN3CCN(C)CC3)c(C(F)(F)F)c2)cc1C#CC(=N)c1c(N)ncnc1NC1CCOC1.NC=O. The average molecular weight is 623 g/mol. The Kier molecular flexibility index (Phi) is 11.1. The van der Waals surface area contributed by atoms with Gasteiger partial charge in [0.05, 0.1) is 23.8 Å². The first kappa shape index (κ1) is 33.4. The van der Waals surface area contributed by atoms with Crippen LogP contribution in [-0.4, -0.2) is 84.4 Å². The second-order valence-electron chi connectivity index (χ2n) is 10.9. The van der Waals surface area contributed by atoms with Crippen molar-refractivity contribution in [1.29, 1.82) is 5.41 Å². The predicted octanol–water partition coefficient (Wildman–Crippen LogP) is 3.52. The van der Waals surface area contributed by atoms with E-state index < -0.39 is 11.7 Å². The van der Waals surface area contributed by atoms with Gasteiger partial charge >= 0.3 is 6.18 Å². The molecule has 0 aliphatic carbocycles. The van der Waals surface area contributed by atoms with E-state index in [1.165, 1.54) is 12.4 Å². The monoisotopic (exact) mass is 622 g/mol. The summed E-state index contributed by atoms with van der Waals surface area (Å²) in [5.74, 6) is 6.41. The first-order valence-electron chi connectivity index (χ1n) is 14.4. The van der Waals surface area contributed by atoms with E-state index >= 15 is 0 Å². The number of carbonyl (C=O) groups is 1. The Morgan fingerprint density at radius 1 is 1.16 bits per heavy atom. The minimum absolute atomic E-state index is 0.0484. The van der Waals surface area contributed by atoms with Gasteiger partial charge in [-0.25, -0.2) is 9.97 Å². The van der Waals surface area contributed by atoms with E-state index in [0.717, 1.165) is 38.2 Å². The number of ether oxygens (including phenoxy) is 1. The number of benzene rings is 2. The number of amides is 1. The maximum atomic E-state index is 14.2. The molecule has 6 N–H and O–H groups in total. The van der Waals surface area contributed by atoms with Crippen LogP contribution in [0.15, 0.2) is 42.7 Å². The molecule has 10 nitrogen and oxygen atoms in total. The van der Waals surface area contributed by atoms with Crippen LogP contribution in [0.2, 0.25) is 0 Å². The fourth-order valence-electron chi connectivity index (χ4n) is 5.13. The van der Waals surface area contributed by atoms with Gasteiger partial charge in [0.15, 0.2) is 0 Å². The number of piperazine rings is 1. The normalized spacial score (nSPS) is 17.0. The summed E-state index contributed by atoms with van der Waals surface area (Å²) in [5.41, 5.74) is 12.6. The van der Waals surface area contributed by atoms with Crippen molar-refractivity contribution in [1.82, 2.24) is 19.8 Å². The molecule has 13 heteroatoms. The molecule has 1 amide bonds. The van der Waals surface area contributed by atoms with Gasteiger partial charge in [-0.15, -0.1) is 0 Å². The van der Waals surface area contributed by atoms with E-state index in [-0.39, 0.29) is 36.1 Å². The number of alkyl halides is 3. The molecule has 1 unspecified atom stereocenters. The third-order valence-corrected chi connectivity index (χ3v) is 7.70. The zero-order valence-electron chi connectivity index (χ0n) is 25.2. The molecule has 45 heavy (non-hydrogen) atoms. The first-order valence-corrected chi connectivity index (χ1v) is 14.4. The van der Waals surface area contributed by atoms with E-state index in [2.05, 4.69) is 42.7 Å². The highest BCUT2D eigenvalue weighted by Gasteiger charge is 2.34. The zero-order chi connectivity index (χ0) is 32.6. The summed E-state index contributed by atoms with van der Waals surface area (Å²) in [5, 5.41) is 11.9. The van der Waals surface area contributed by atoms with E-state index in [9.17, 15) is 13.2 Å². The molecule has 0 radical (unpaired) electrons. The van der Waals surface area contributed by atoms with Crippen LogP contribution in [0, 0.1) is 24.2 Å². The Bertz CT molecular complexity index is 1570. The number of rotatable bonds is 6. The molecule has 2 fully saturated rings. The van der Waals surface area contributed by atoms with Crippen molar-refractivity contribution in [3.05, 3.63) is 70.5 Å². The van der Waals surface area contributed by atoms with Crippen molar-refractivity contribution >= 4 is 23.8 Å². The van der Waals surface area contributed by atoms with Gasteiger partial charge in [0.2, 0.25) is 6.41 Å². The van der Waals surface area contributed by atoms with Crippen molar-refractivity contribution < 1.29 is 22.7 Å². The topological polar surface area (TPSA) is 146 Å². The Labute approximate surface area is 260 Å². The van der Waals surface area contributed by atoms with Crippen LogP contribution in [0.4, 0.5) is 24.8 Å². The number of carbonyl (C=O) groups excluding carboxylic acids is 1. The van der Waals surface area contributed by atoms with Crippen molar-refractivity contribution in [3.8, 4) is 23.0 Å². The number of nitrogens with two attached hydrogens (primary N) is 2. The third-order valence-electron chi connectivity index (χ3n) is 7.70. The molecule has 238 valence electrons. The second-order valence-corrected chi connectivity index (χ2v) is 10.9. The highest BCUT2D eigenvalue weighted by atomic mass is 19.4.